The van der Waals surface area contributed by atoms with Crippen molar-refractivity contribution in [1.82, 2.24) is 4.98 Å². The van der Waals surface area contributed by atoms with E-state index in [0.29, 0.717) is 17.5 Å². The van der Waals surface area contributed by atoms with Crippen molar-refractivity contribution in [2.75, 3.05) is 7.11 Å². The topological polar surface area (TPSA) is 68.7 Å². The fourth-order valence-corrected chi connectivity index (χ4v) is 6.05. The molecule has 218 valence electrons. The molecule has 2 atom stereocenters. The lowest BCUT2D eigenvalue weighted by Gasteiger charge is -2.39. The lowest BCUT2D eigenvalue weighted by atomic mass is 9.99. The highest BCUT2D eigenvalue weighted by atomic mass is 28.4. The molecule has 0 fully saturated rings. The summed E-state index contributed by atoms with van der Waals surface area (Å²) in [7, 11) is -0.616. The normalized spacial score (nSPS) is 13.8. The number of hydrogen-bond acceptors (Lipinski definition) is 5. The number of aliphatic hydroxyl groups is 1. The maximum atomic E-state index is 11.9. The van der Waals surface area contributed by atoms with Crippen LogP contribution in [0.25, 0.3) is 10.9 Å². The number of unbranched alkanes of at least 4 members (excludes halogenated alkanes) is 5. The second-order valence-electron chi connectivity index (χ2n) is 12.5. The smallest absolute Gasteiger partial charge is 0.337 e. The Hall–Kier alpha value is -2.54. The Morgan fingerprint density at radius 2 is 1.65 bits per heavy atom. The van der Waals surface area contributed by atoms with Gasteiger partial charge in [0.15, 0.2) is 8.32 Å². The molecule has 2 aromatic carbocycles. The van der Waals surface area contributed by atoms with E-state index in [9.17, 15) is 9.90 Å². The van der Waals surface area contributed by atoms with Gasteiger partial charge in [0.25, 0.3) is 0 Å². The number of ether oxygens (including phenoxy) is 1. The van der Waals surface area contributed by atoms with Crippen molar-refractivity contribution < 1.29 is 19.1 Å². The minimum absolute atomic E-state index is 0.0496. The number of carbonyl (C=O) groups is 1. The van der Waals surface area contributed by atoms with Crippen molar-refractivity contribution in [3.8, 4) is 0 Å². The maximum Gasteiger partial charge on any atom is 0.337 e. The van der Waals surface area contributed by atoms with Crippen LogP contribution in [-0.2, 0) is 15.6 Å². The third kappa shape index (κ3) is 8.73. The fourth-order valence-electron chi connectivity index (χ4n) is 4.73. The molecule has 0 aliphatic heterocycles. The fraction of sp³-hybridized carbons (Fsp3) is 0.529. The molecule has 2 unspecified atom stereocenters. The molecule has 0 aliphatic carbocycles. The predicted molar refractivity (Wildman–Crippen MR) is 167 cm³/mol. The van der Waals surface area contributed by atoms with Crippen LogP contribution in [0, 0.1) is 0 Å². The Morgan fingerprint density at radius 3 is 2.35 bits per heavy atom. The zero-order valence-electron chi connectivity index (χ0n) is 25.6. The van der Waals surface area contributed by atoms with Crippen LogP contribution in [0.15, 0.2) is 54.6 Å². The number of nitrogens with zero attached hydrogens (tertiary/aromatic N) is 1. The first-order valence-corrected chi connectivity index (χ1v) is 17.8. The van der Waals surface area contributed by atoms with Crippen molar-refractivity contribution in [2.24, 2.45) is 0 Å². The van der Waals surface area contributed by atoms with Crippen LogP contribution in [0.3, 0.4) is 0 Å². The summed E-state index contributed by atoms with van der Waals surface area (Å²) in [6.45, 7) is 13.8. The molecule has 5 nitrogen and oxygen atoms in total. The highest BCUT2D eigenvalue weighted by molar-refractivity contribution is 6.74. The first kappa shape index (κ1) is 32.0. The molecule has 3 rings (SSSR count). The lowest BCUT2D eigenvalue weighted by Crippen LogP contribution is -2.41. The Morgan fingerprint density at radius 1 is 0.950 bits per heavy atom. The first-order valence-electron chi connectivity index (χ1n) is 14.9. The number of pyridine rings is 1. The van der Waals surface area contributed by atoms with E-state index in [0.717, 1.165) is 29.4 Å². The number of methoxy groups -OCH3 is 1. The molecule has 40 heavy (non-hydrogen) atoms. The first-order chi connectivity index (χ1) is 18.9. The highest BCUT2D eigenvalue weighted by Crippen LogP contribution is 2.41. The molecule has 0 spiro atoms. The summed E-state index contributed by atoms with van der Waals surface area (Å²) in [5, 5.41) is 12.1. The van der Waals surface area contributed by atoms with Gasteiger partial charge in [-0.1, -0.05) is 96.6 Å². The molecule has 0 aliphatic rings. The number of benzene rings is 2. The minimum atomic E-state index is -1.97. The average molecular weight is 564 g/mol. The van der Waals surface area contributed by atoms with Gasteiger partial charge in [0.05, 0.1) is 30.4 Å². The van der Waals surface area contributed by atoms with Crippen molar-refractivity contribution in [1.29, 1.82) is 0 Å². The number of rotatable bonds is 14. The zero-order chi connectivity index (χ0) is 29.3. The van der Waals surface area contributed by atoms with Gasteiger partial charge in [0, 0.05) is 17.5 Å². The Bertz CT molecular complexity index is 1250. The van der Waals surface area contributed by atoms with Crippen LogP contribution in [0.2, 0.25) is 18.1 Å². The van der Waals surface area contributed by atoms with Crippen LogP contribution < -0.4 is 0 Å². The summed E-state index contributed by atoms with van der Waals surface area (Å²) in [4.78, 5) is 16.9. The van der Waals surface area contributed by atoms with Gasteiger partial charge in [-0.2, -0.15) is 0 Å². The molecule has 0 bridgehead atoms. The maximum absolute atomic E-state index is 11.9. The summed E-state index contributed by atoms with van der Waals surface area (Å²) in [6, 6.07) is 17.5. The van der Waals surface area contributed by atoms with E-state index in [1.54, 1.807) is 18.2 Å². The zero-order valence-corrected chi connectivity index (χ0v) is 26.6. The van der Waals surface area contributed by atoms with Gasteiger partial charge in [0.2, 0.25) is 0 Å². The molecule has 0 saturated heterocycles. The number of hydrogen-bond donors (Lipinski definition) is 1. The van der Waals surface area contributed by atoms with Gasteiger partial charge in [0.1, 0.15) is 0 Å². The molecule has 0 amide bonds. The summed E-state index contributed by atoms with van der Waals surface area (Å²) in [5.41, 5.74) is 3.99. The summed E-state index contributed by atoms with van der Waals surface area (Å²) in [6.07, 6.45) is 8.21. The average Bonchev–Trinajstić information content (AvgIpc) is 2.92. The van der Waals surface area contributed by atoms with Gasteiger partial charge in [-0.3, -0.25) is 4.98 Å². The molecular weight excluding hydrogens is 514 g/mol. The summed E-state index contributed by atoms with van der Waals surface area (Å²) < 4.78 is 11.8. The summed E-state index contributed by atoms with van der Waals surface area (Å²) >= 11 is 0. The van der Waals surface area contributed by atoms with Crippen molar-refractivity contribution >= 4 is 25.2 Å². The second-order valence-corrected chi connectivity index (χ2v) is 17.3. The van der Waals surface area contributed by atoms with Crippen molar-refractivity contribution in [3.63, 3.8) is 0 Å². The van der Waals surface area contributed by atoms with Crippen molar-refractivity contribution in [3.05, 3.63) is 77.0 Å². The van der Waals surface area contributed by atoms with E-state index >= 15 is 0 Å². The molecule has 1 aromatic heterocycles. The SMILES string of the molecule is CCCCCCCCC(O[Si](C)(C)C(C)(C)C)c1ccc2ccc(CC(O)c3cccc(C(=O)OC)c3)nc2c1. The Kier molecular flexibility index (Phi) is 11.5. The second kappa shape index (κ2) is 14.4. The van der Waals surface area contributed by atoms with Crippen LogP contribution in [0.1, 0.15) is 112 Å². The van der Waals surface area contributed by atoms with Gasteiger partial charge in [-0.05, 0) is 59.9 Å². The van der Waals surface area contributed by atoms with Crippen LogP contribution in [0.5, 0.6) is 0 Å². The number of aliphatic hydroxyl groups excluding tert-OH is 1. The predicted octanol–water partition coefficient (Wildman–Crippen LogP) is 9.11. The largest absolute Gasteiger partial charge is 0.465 e. The van der Waals surface area contributed by atoms with Gasteiger partial charge >= 0.3 is 5.97 Å². The van der Waals surface area contributed by atoms with Crippen LogP contribution in [-0.4, -0.2) is 31.5 Å². The van der Waals surface area contributed by atoms with Crippen molar-refractivity contribution in [2.45, 2.75) is 109 Å². The highest BCUT2D eigenvalue weighted by Gasteiger charge is 2.39. The molecule has 1 heterocycles. The lowest BCUT2D eigenvalue weighted by molar-refractivity contribution is 0.0600. The van der Waals surface area contributed by atoms with E-state index in [1.807, 2.05) is 12.1 Å². The molecule has 0 saturated carbocycles. The standard InChI is InChI=1S/C34H49NO4Si/c1-8-9-10-11-12-13-17-32(39-40(6,7)34(2,3)4)27-19-18-25-20-21-29(35-30(25)23-27)24-31(36)26-15-14-16-28(22-26)33(37)38-5/h14-16,18-23,31-32,36H,8-13,17,24H2,1-7H3. The third-order valence-corrected chi connectivity index (χ3v) is 12.8. The number of fused-ring (bicyclic) bond motifs is 1. The molecule has 3 aromatic rings. The summed E-state index contributed by atoms with van der Waals surface area (Å²) in [5.74, 6) is -0.416. The number of aromatic nitrogens is 1. The Labute approximate surface area is 242 Å². The van der Waals surface area contributed by atoms with Gasteiger partial charge < -0.3 is 14.3 Å². The minimum Gasteiger partial charge on any atom is -0.465 e. The molecule has 0 radical (unpaired) electrons. The molecule has 1 N–H and O–H groups in total. The van der Waals surface area contributed by atoms with E-state index in [-0.39, 0.29) is 11.1 Å². The number of carbonyl (C=O) groups excluding carboxylic acids is 1. The van der Waals surface area contributed by atoms with Crippen LogP contribution in [0.4, 0.5) is 0 Å². The van der Waals surface area contributed by atoms with Gasteiger partial charge in [-0.25, -0.2) is 4.79 Å². The van der Waals surface area contributed by atoms with E-state index in [2.05, 4.69) is 65.1 Å². The molecular formula is C34H49NO4Si. The number of esters is 1. The van der Waals surface area contributed by atoms with E-state index in [4.69, 9.17) is 14.1 Å². The Balaban J connectivity index is 1.82. The monoisotopic (exact) mass is 563 g/mol. The quantitative estimate of drug-likeness (QED) is 0.120. The molecule has 6 heteroatoms. The van der Waals surface area contributed by atoms with E-state index in [1.165, 1.54) is 44.8 Å². The van der Waals surface area contributed by atoms with Gasteiger partial charge in [-0.15, -0.1) is 0 Å². The van der Waals surface area contributed by atoms with Crippen LogP contribution >= 0.6 is 0 Å². The third-order valence-electron chi connectivity index (χ3n) is 8.30. The van der Waals surface area contributed by atoms with E-state index < -0.39 is 20.4 Å².